The number of nitrogens with zero attached hydrogens (tertiary/aromatic N) is 1. The van der Waals surface area contributed by atoms with E-state index < -0.39 is 5.97 Å². The predicted octanol–water partition coefficient (Wildman–Crippen LogP) is 2.78. The zero-order valence-corrected chi connectivity index (χ0v) is 12.3. The number of carbonyl (C=O) groups is 1. The highest BCUT2D eigenvalue weighted by Gasteiger charge is 2.15. The van der Waals surface area contributed by atoms with Gasteiger partial charge in [-0.25, -0.2) is 9.78 Å². The van der Waals surface area contributed by atoms with E-state index in [-0.39, 0.29) is 0 Å². The van der Waals surface area contributed by atoms with Crippen LogP contribution < -0.4 is 10.1 Å². The maximum Gasteiger partial charge on any atom is 0.341 e. The molecule has 2 aromatic rings. The molecule has 0 aromatic carbocycles. The summed E-state index contributed by atoms with van der Waals surface area (Å²) in [6, 6.07) is 5.36. The van der Waals surface area contributed by atoms with Crippen molar-refractivity contribution in [2.45, 2.75) is 20.4 Å². The molecule has 0 aliphatic rings. The standard InChI is InChI=1S/C15H18N2O4/c1-4-20-14-13(6-5-7-16-14)17-9-11-8-12(10(2)21-11)15(18)19-3/h5-8,17H,4,9H2,1-3H3. The third kappa shape index (κ3) is 3.53. The Bertz CT molecular complexity index is 622. The number of aromatic nitrogens is 1. The van der Waals surface area contributed by atoms with Gasteiger partial charge in [0.25, 0.3) is 0 Å². The lowest BCUT2D eigenvalue weighted by atomic mass is 10.2. The molecule has 2 aromatic heterocycles. The molecule has 0 unspecified atom stereocenters. The first-order valence-electron chi connectivity index (χ1n) is 6.65. The molecule has 0 saturated heterocycles. The van der Waals surface area contributed by atoms with E-state index in [9.17, 15) is 4.79 Å². The van der Waals surface area contributed by atoms with Gasteiger partial charge in [0.2, 0.25) is 5.88 Å². The Kier molecular flexibility index (Phi) is 4.81. The normalized spacial score (nSPS) is 10.2. The number of esters is 1. The zero-order valence-electron chi connectivity index (χ0n) is 12.3. The minimum Gasteiger partial charge on any atom is -0.476 e. The fourth-order valence-electron chi connectivity index (χ4n) is 1.90. The molecule has 0 bridgehead atoms. The number of rotatable bonds is 6. The number of pyridine rings is 1. The quantitative estimate of drug-likeness (QED) is 0.825. The summed E-state index contributed by atoms with van der Waals surface area (Å²) in [5, 5.41) is 3.18. The van der Waals surface area contributed by atoms with Crippen molar-refractivity contribution in [3.8, 4) is 5.88 Å². The maximum atomic E-state index is 11.5. The predicted molar refractivity (Wildman–Crippen MR) is 77.5 cm³/mol. The lowest BCUT2D eigenvalue weighted by Gasteiger charge is -2.09. The molecule has 6 heteroatoms. The van der Waals surface area contributed by atoms with Gasteiger partial charge in [0, 0.05) is 6.20 Å². The number of hydrogen-bond acceptors (Lipinski definition) is 6. The van der Waals surface area contributed by atoms with E-state index in [1.807, 2.05) is 19.1 Å². The van der Waals surface area contributed by atoms with Gasteiger partial charge < -0.3 is 19.2 Å². The van der Waals surface area contributed by atoms with E-state index in [2.05, 4.69) is 10.3 Å². The summed E-state index contributed by atoms with van der Waals surface area (Å²) in [4.78, 5) is 15.7. The van der Waals surface area contributed by atoms with E-state index in [4.69, 9.17) is 13.9 Å². The Labute approximate surface area is 123 Å². The van der Waals surface area contributed by atoms with Gasteiger partial charge in [-0.15, -0.1) is 0 Å². The van der Waals surface area contributed by atoms with Crippen LogP contribution in [0.3, 0.4) is 0 Å². The van der Waals surface area contributed by atoms with Crippen molar-refractivity contribution in [1.29, 1.82) is 0 Å². The fraction of sp³-hybridized carbons (Fsp3) is 0.333. The molecule has 21 heavy (non-hydrogen) atoms. The molecule has 2 rings (SSSR count). The second-order valence-corrected chi connectivity index (χ2v) is 4.32. The van der Waals surface area contributed by atoms with Gasteiger partial charge in [-0.3, -0.25) is 0 Å². The third-order valence-corrected chi connectivity index (χ3v) is 2.88. The van der Waals surface area contributed by atoms with Crippen LogP contribution in [0.1, 0.15) is 28.8 Å². The molecule has 2 heterocycles. The number of hydrogen-bond donors (Lipinski definition) is 1. The van der Waals surface area contributed by atoms with Crippen LogP contribution in [0.5, 0.6) is 5.88 Å². The van der Waals surface area contributed by atoms with Gasteiger partial charge in [-0.1, -0.05) is 0 Å². The monoisotopic (exact) mass is 290 g/mol. The van der Waals surface area contributed by atoms with Crippen LogP contribution in [-0.4, -0.2) is 24.7 Å². The first kappa shape index (κ1) is 14.9. The summed E-state index contributed by atoms with van der Waals surface area (Å²) in [5.41, 5.74) is 1.21. The number of carbonyl (C=O) groups excluding carboxylic acids is 1. The van der Waals surface area contributed by atoms with Crippen LogP contribution in [0.25, 0.3) is 0 Å². The van der Waals surface area contributed by atoms with E-state index >= 15 is 0 Å². The van der Waals surface area contributed by atoms with Crippen molar-refractivity contribution in [2.75, 3.05) is 19.0 Å². The summed E-state index contributed by atoms with van der Waals surface area (Å²) in [7, 11) is 1.34. The molecule has 0 aliphatic carbocycles. The zero-order chi connectivity index (χ0) is 15.2. The lowest BCUT2D eigenvalue weighted by molar-refractivity contribution is 0.0599. The van der Waals surface area contributed by atoms with Crippen molar-refractivity contribution in [1.82, 2.24) is 4.98 Å². The molecule has 0 fully saturated rings. The van der Waals surface area contributed by atoms with Gasteiger partial charge in [-0.05, 0) is 32.0 Å². The molecular weight excluding hydrogens is 272 g/mol. The Balaban J connectivity index is 2.08. The first-order chi connectivity index (χ1) is 10.2. The van der Waals surface area contributed by atoms with Crippen molar-refractivity contribution in [3.05, 3.63) is 41.5 Å². The van der Waals surface area contributed by atoms with Crippen LogP contribution in [0, 0.1) is 6.92 Å². The molecule has 0 aliphatic heterocycles. The molecule has 0 spiro atoms. The van der Waals surface area contributed by atoms with Crippen LogP contribution in [0.15, 0.2) is 28.8 Å². The maximum absolute atomic E-state index is 11.5. The van der Waals surface area contributed by atoms with Crippen molar-refractivity contribution >= 4 is 11.7 Å². The minimum absolute atomic E-state index is 0.404. The molecule has 0 saturated carbocycles. The van der Waals surface area contributed by atoms with Gasteiger partial charge >= 0.3 is 5.97 Å². The number of methoxy groups -OCH3 is 1. The van der Waals surface area contributed by atoms with Gasteiger partial charge in [0.05, 0.1) is 25.9 Å². The fourth-order valence-corrected chi connectivity index (χ4v) is 1.90. The Hall–Kier alpha value is -2.50. The molecule has 0 amide bonds. The average Bonchev–Trinajstić information content (AvgIpc) is 2.87. The smallest absolute Gasteiger partial charge is 0.341 e. The van der Waals surface area contributed by atoms with Crippen molar-refractivity contribution in [2.24, 2.45) is 0 Å². The highest BCUT2D eigenvalue weighted by atomic mass is 16.5. The molecule has 0 atom stereocenters. The van der Waals surface area contributed by atoms with Gasteiger partial charge in [-0.2, -0.15) is 0 Å². The van der Waals surface area contributed by atoms with Crippen LogP contribution in [0.2, 0.25) is 0 Å². The summed E-state index contributed by atoms with van der Waals surface area (Å²) in [5.74, 6) is 1.31. The Morgan fingerprint density at radius 3 is 3.00 bits per heavy atom. The number of anilines is 1. The van der Waals surface area contributed by atoms with Gasteiger partial charge in [0.1, 0.15) is 17.1 Å². The molecule has 6 nitrogen and oxygen atoms in total. The minimum atomic E-state index is -0.404. The first-order valence-corrected chi connectivity index (χ1v) is 6.65. The molecule has 1 N–H and O–H groups in total. The lowest BCUT2D eigenvalue weighted by Crippen LogP contribution is -2.03. The van der Waals surface area contributed by atoms with E-state index in [0.717, 1.165) is 5.69 Å². The molecule has 0 radical (unpaired) electrons. The SMILES string of the molecule is CCOc1ncccc1NCc1cc(C(=O)OC)c(C)o1. The third-order valence-electron chi connectivity index (χ3n) is 2.88. The van der Waals surface area contributed by atoms with E-state index in [1.165, 1.54) is 7.11 Å². The number of furan rings is 1. The van der Waals surface area contributed by atoms with Crippen molar-refractivity contribution < 1.29 is 18.7 Å². The van der Waals surface area contributed by atoms with E-state index in [0.29, 0.717) is 36.1 Å². The number of ether oxygens (including phenoxy) is 2. The average molecular weight is 290 g/mol. The highest BCUT2D eigenvalue weighted by Crippen LogP contribution is 2.22. The summed E-state index contributed by atoms with van der Waals surface area (Å²) < 4.78 is 15.7. The Morgan fingerprint density at radius 1 is 1.48 bits per heavy atom. The number of nitrogens with one attached hydrogen (secondary N) is 1. The largest absolute Gasteiger partial charge is 0.476 e. The molecular formula is C15H18N2O4. The Morgan fingerprint density at radius 2 is 2.29 bits per heavy atom. The summed E-state index contributed by atoms with van der Waals surface area (Å²) in [6.07, 6.45) is 1.67. The second kappa shape index (κ2) is 6.78. The summed E-state index contributed by atoms with van der Waals surface area (Å²) >= 11 is 0. The van der Waals surface area contributed by atoms with Crippen molar-refractivity contribution in [3.63, 3.8) is 0 Å². The number of aryl methyl sites for hydroxylation is 1. The van der Waals surface area contributed by atoms with Crippen LogP contribution >= 0.6 is 0 Å². The summed E-state index contributed by atoms with van der Waals surface area (Å²) in [6.45, 7) is 4.59. The second-order valence-electron chi connectivity index (χ2n) is 4.32. The topological polar surface area (TPSA) is 73.6 Å². The van der Waals surface area contributed by atoms with Crippen LogP contribution in [-0.2, 0) is 11.3 Å². The molecule has 112 valence electrons. The van der Waals surface area contributed by atoms with Crippen LogP contribution in [0.4, 0.5) is 5.69 Å². The highest BCUT2D eigenvalue weighted by molar-refractivity contribution is 5.90. The van der Waals surface area contributed by atoms with Gasteiger partial charge in [0.15, 0.2) is 0 Å². The van der Waals surface area contributed by atoms with E-state index in [1.54, 1.807) is 19.2 Å².